The van der Waals surface area contributed by atoms with Crippen molar-refractivity contribution in [2.24, 2.45) is 0 Å². The molecule has 0 radical (unpaired) electrons. The van der Waals surface area contributed by atoms with E-state index in [4.69, 9.17) is 0 Å². The first-order valence-corrected chi connectivity index (χ1v) is 10.7. The van der Waals surface area contributed by atoms with Crippen LogP contribution >= 0.6 is 0 Å². The number of anilines is 1. The maximum atomic E-state index is 3.49. The second-order valence-electron chi connectivity index (χ2n) is 7.29. The van der Waals surface area contributed by atoms with Crippen LogP contribution in [0.5, 0.6) is 0 Å². The molecule has 0 amide bonds. The van der Waals surface area contributed by atoms with E-state index in [-0.39, 0.29) is 0 Å². The minimum Gasteiger partial charge on any atom is -0.381 e. The quantitative estimate of drug-likeness (QED) is 0.782. The summed E-state index contributed by atoms with van der Waals surface area (Å²) in [5.74, 6) is 0. The van der Waals surface area contributed by atoms with Gasteiger partial charge in [0.05, 0.1) is 8.07 Å². The maximum absolute atomic E-state index is 3.49. The molecule has 0 fully saturated rings. The molecule has 1 N–H and O–H groups in total. The van der Waals surface area contributed by atoms with Gasteiger partial charge in [0.1, 0.15) is 0 Å². The summed E-state index contributed by atoms with van der Waals surface area (Å²) >= 11 is 0. The van der Waals surface area contributed by atoms with E-state index in [0.29, 0.717) is 5.04 Å². The molecule has 0 saturated carbocycles. The number of hydrogen-bond donors (Lipinski definition) is 1. The lowest BCUT2D eigenvalue weighted by Gasteiger charge is -2.37. The Morgan fingerprint density at radius 1 is 0.857 bits per heavy atom. The summed E-state index contributed by atoms with van der Waals surface area (Å²) in [6.45, 7) is 12.9. The molecule has 0 bridgehead atoms. The molecule has 0 aliphatic heterocycles. The summed E-state index contributed by atoms with van der Waals surface area (Å²) in [5, 5.41) is 5.40. The molecule has 0 spiro atoms. The van der Waals surface area contributed by atoms with Crippen molar-refractivity contribution >= 4 is 18.9 Å². The molecule has 0 heterocycles. The van der Waals surface area contributed by atoms with Crippen LogP contribution in [0.4, 0.5) is 5.69 Å². The van der Waals surface area contributed by atoms with Crippen molar-refractivity contribution < 1.29 is 0 Å². The highest BCUT2D eigenvalue weighted by molar-refractivity contribution is 6.92. The van der Waals surface area contributed by atoms with Gasteiger partial charge in [-0.25, -0.2) is 0 Å². The summed E-state index contributed by atoms with van der Waals surface area (Å²) in [4.78, 5) is 0. The van der Waals surface area contributed by atoms with E-state index >= 15 is 0 Å². The van der Waals surface area contributed by atoms with Crippen molar-refractivity contribution in [3.05, 3.63) is 60.2 Å². The van der Waals surface area contributed by atoms with Gasteiger partial charge < -0.3 is 5.32 Å². The Balaban J connectivity index is 2.06. The highest BCUT2D eigenvalue weighted by Crippen LogP contribution is 2.35. The van der Waals surface area contributed by atoms with Gasteiger partial charge in [-0.3, -0.25) is 0 Å². The summed E-state index contributed by atoms with van der Waals surface area (Å²) in [5.41, 5.74) is 2.51. The predicted octanol–water partition coefficient (Wildman–Crippen LogP) is 5.01. The van der Waals surface area contributed by atoms with Gasteiger partial charge in [-0.2, -0.15) is 0 Å². The van der Waals surface area contributed by atoms with Crippen LogP contribution in [0.15, 0.2) is 54.6 Å². The number of hydrogen-bond acceptors (Lipinski definition) is 1. The van der Waals surface area contributed by atoms with Gasteiger partial charge in [-0.15, -0.1) is 0 Å². The molecule has 1 nitrogen and oxygen atoms in total. The molecule has 0 atom stereocenters. The summed E-state index contributed by atoms with van der Waals surface area (Å²) < 4.78 is 0. The van der Waals surface area contributed by atoms with Crippen LogP contribution < -0.4 is 10.5 Å². The van der Waals surface area contributed by atoms with E-state index in [1.165, 1.54) is 16.4 Å². The Kier molecular flexibility index (Phi) is 4.57. The number of rotatable bonds is 4. The molecule has 0 aromatic heterocycles. The fourth-order valence-electron chi connectivity index (χ4n) is 2.24. The molecule has 2 aromatic rings. The first-order valence-electron chi connectivity index (χ1n) is 7.69. The molecule has 112 valence electrons. The van der Waals surface area contributed by atoms with Crippen LogP contribution in [0.3, 0.4) is 0 Å². The van der Waals surface area contributed by atoms with Crippen LogP contribution in [0.2, 0.25) is 18.1 Å². The Labute approximate surface area is 130 Å². The molecule has 0 aliphatic rings. The van der Waals surface area contributed by atoms with Crippen molar-refractivity contribution in [2.75, 3.05) is 5.32 Å². The standard InChI is InChI=1S/C19H27NSi/c1-19(2,3)21(4,5)18-13-11-17(12-14-18)20-15-16-9-7-6-8-10-16/h6-14,20H,15H2,1-5H3. The predicted molar refractivity (Wildman–Crippen MR) is 97.0 cm³/mol. The molecule has 21 heavy (non-hydrogen) atoms. The van der Waals surface area contributed by atoms with Gasteiger partial charge in [0.2, 0.25) is 0 Å². The lowest BCUT2D eigenvalue weighted by atomic mass is 10.2. The molecule has 0 unspecified atom stereocenters. The van der Waals surface area contributed by atoms with Gasteiger partial charge >= 0.3 is 0 Å². The lowest BCUT2D eigenvalue weighted by Crippen LogP contribution is -2.49. The Hall–Kier alpha value is -1.54. The zero-order chi connectivity index (χ0) is 15.5. The van der Waals surface area contributed by atoms with Crippen molar-refractivity contribution in [3.63, 3.8) is 0 Å². The zero-order valence-electron chi connectivity index (χ0n) is 13.9. The fraction of sp³-hybridized carbons (Fsp3) is 0.368. The Morgan fingerprint density at radius 2 is 1.43 bits per heavy atom. The second-order valence-corrected chi connectivity index (χ2v) is 12.6. The fourth-order valence-corrected chi connectivity index (χ4v) is 4.10. The van der Waals surface area contributed by atoms with Gasteiger partial charge in [0, 0.05) is 12.2 Å². The van der Waals surface area contributed by atoms with Gasteiger partial charge in [-0.1, -0.05) is 81.5 Å². The van der Waals surface area contributed by atoms with Crippen LogP contribution in [-0.2, 0) is 6.54 Å². The van der Waals surface area contributed by atoms with Crippen molar-refractivity contribution in [3.8, 4) is 0 Å². The SMILES string of the molecule is CC(C)(C)[Si](C)(C)c1ccc(NCc2ccccc2)cc1. The highest BCUT2D eigenvalue weighted by Gasteiger charge is 2.36. The molecule has 2 aromatic carbocycles. The minimum atomic E-state index is -1.42. The van der Waals surface area contributed by atoms with E-state index in [1.54, 1.807) is 0 Å². The topological polar surface area (TPSA) is 12.0 Å². The van der Waals surface area contributed by atoms with Crippen LogP contribution in [-0.4, -0.2) is 8.07 Å². The van der Waals surface area contributed by atoms with Crippen LogP contribution in [0.25, 0.3) is 0 Å². The molecule has 0 aliphatic carbocycles. The van der Waals surface area contributed by atoms with Crippen molar-refractivity contribution in [2.45, 2.75) is 45.4 Å². The smallest absolute Gasteiger partial charge is 0.0859 e. The third kappa shape index (κ3) is 3.76. The van der Waals surface area contributed by atoms with E-state index in [2.05, 4.69) is 93.8 Å². The number of benzene rings is 2. The zero-order valence-corrected chi connectivity index (χ0v) is 14.9. The van der Waals surface area contributed by atoms with E-state index in [1.807, 2.05) is 0 Å². The maximum Gasteiger partial charge on any atom is 0.0859 e. The molecule has 2 rings (SSSR count). The van der Waals surface area contributed by atoms with E-state index < -0.39 is 8.07 Å². The van der Waals surface area contributed by atoms with Gasteiger partial charge in [0.15, 0.2) is 0 Å². The van der Waals surface area contributed by atoms with E-state index in [9.17, 15) is 0 Å². The average molecular weight is 298 g/mol. The minimum absolute atomic E-state index is 0.381. The number of nitrogens with one attached hydrogen (secondary N) is 1. The molecule has 0 saturated heterocycles. The molecular weight excluding hydrogens is 270 g/mol. The first kappa shape index (κ1) is 15.8. The lowest BCUT2D eigenvalue weighted by molar-refractivity contribution is 0.729. The third-order valence-corrected chi connectivity index (χ3v) is 10.3. The van der Waals surface area contributed by atoms with Gasteiger partial charge in [-0.05, 0) is 22.7 Å². The Morgan fingerprint density at radius 3 is 1.95 bits per heavy atom. The average Bonchev–Trinajstić information content (AvgIpc) is 2.45. The second kappa shape index (κ2) is 6.06. The third-order valence-electron chi connectivity index (χ3n) is 4.82. The van der Waals surface area contributed by atoms with Crippen molar-refractivity contribution in [1.29, 1.82) is 0 Å². The largest absolute Gasteiger partial charge is 0.381 e. The van der Waals surface area contributed by atoms with Crippen molar-refractivity contribution in [1.82, 2.24) is 0 Å². The summed E-state index contributed by atoms with van der Waals surface area (Å²) in [6, 6.07) is 19.6. The molecular formula is C19H27NSi. The van der Waals surface area contributed by atoms with Crippen LogP contribution in [0.1, 0.15) is 26.3 Å². The summed E-state index contributed by atoms with van der Waals surface area (Å²) in [7, 11) is -1.42. The Bertz CT molecular complexity index is 565. The monoisotopic (exact) mass is 297 g/mol. The normalized spacial score (nSPS) is 12.2. The van der Waals surface area contributed by atoms with E-state index in [0.717, 1.165) is 6.54 Å². The molecule has 2 heteroatoms. The first-order chi connectivity index (χ1) is 9.80. The summed E-state index contributed by atoms with van der Waals surface area (Å²) in [6.07, 6.45) is 0. The van der Waals surface area contributed by atoms with Crippen LogP contribution in [0, 0.1) is 0 Å². The highest BCUT2D eigenvalue weighted by atomic mass is 28.3. The van der Waals surface area contributed by atoms with Gasteiger partial charge in [0.25, 0.3) is 0 Å².